The van der Waals surface area contributed by atoms with Gasteiger partial charge in [0.2, 0.25) is 15.9 Å². The van der Waals surface area contributed by atoms with Crippen molar-refractivity contribution in [1.29, 1.82) is 0 Å². The van der Waals surface area contributed by atoms with E-state index in [-0.39, 0.29) is 35.6 Å². The van der Waals surface area contributed by atoms with Crippen LogP contribution in [0, 0.1) is 26.7 Å². The average Bonchev–Trinajstić information content (AvgIpc) is 3.25. The Kier molecular flexibility index (Phi) is 7.61. The summed E-state index contributed by atoms with van der Waals surface area (Å²) in [6.07, 6.45) is 4.26. The number of carbonyl (C=O) groups is 1. The summed E-state index contributed by atoms with van der Waals surface area (Å²) in [7, 11) is -2.29. The number of rotatable bonds is 7. The Morgan fingerprint density at radius 3 is 2.39 bits per heavy atom. The molecule has 2 aromatic carbocycles. The number of benzene rings is 2. The maximum absolute atomic E-state index is 13.5. The summed E-state index contributed by atoms with van der Waals surface area (Å²) < 4.78 is 39.1. The first kappa shape index (κ1) is 25.7. The third kappa shape index (κ3) is 5.52. The molecule has 9 heteroatoms. The van der Waals surface area contributed by atoms with E-state index in [4.69, 9.17) is 9.26 Å². The molecule has 0 radical (unpaired) electrons. The van der Waals surface area contributed by atoms with Crippen molar-refractivity contribution in [2.24, 2.45) is 5.92 Å². The molecular formula is C27H31N3O5S. The number of amides is 1. The maximum atomic E-state index is 13.5. The van der Waals surface area contributed by atoms with E-state index in [9.17, 15) is 13.2 Å². The normalized spacial score (nSPS) is 15.3. The van der Waals surface area contributed by atoms with Gasteiger partial charge in [-0.15, -0.1) is 0 Å². The molecule has 1 fully saturated rings. The molecule has 0 atom stereocenters. The molecule has 190 valence electrons. The highest BCUT2D eigenvalue weighted by Gasteiger charge is 2.36. The van der Waals surface area contributed by atoms with Gasteiger partial charge in [0.1, 0.15) is 11.4 Å². The molecule has 1 saturated heterocycles. The monoisotopic (exact) mass is 509 g/mol. The highest BCUT2D eigenvalue weighted by Crippen LogP contribution is 2.31. The predicted octanol–water partition coefficient (Wildman–Crippen LogP) is 4.82. The molecule has 0 bridgehead atoms. The number of aryl methyl sites for hydroxylation is 3. The van der Waals surface area contributed by atoms with Crippen molar-refractivity contribution >= 4 is 33.8 Å². The van der Waals surface area contributed by atoms with Gasteiger partial charge in [-0.1, -0.05) is 47.1 Å². The number of anilines is 1. The number of nitrogens with one attached hydrogen (secondary N) is 1. The van der Waals surface area contributed by atoms with E-state index in [1.807, 2.05) is 56.3 Å². The lowest BCUT2D eigenvalue weighted by atomic mass is 9.97. The van der Waals surface area contributed by atoms with E-state index < -0.39 is 10.0 Å². The molecule has 8 nitrogen and oxygen atoms in total. The highest BCUT2D eigenvalue weighted by molar-refractivity contribution is 7.89. The summed E-state index contributed by atoms with van der Waals surface area (Å²) in [5.41, 5.74) is 3.99. The second kappa shape index (κ2) is 10.7. The summed E-state index contributed by atoms with van der Waals surface area (Å²) in [6.45, 7) is 6.03. The molecule has 1 aromatic heterocycles. The Morgan fingerprint density at radius 2 is 1.72 bits per heavy atom. The van der Waals surface area contributed by atoms with Gasteiger partial charge in [-0.05, 0) is 62.9 Å². The molecule has 1 aliphatic rings. The fourth-order valence-electron chi connectivity index (χ4n) is 4.29. The van der Waals surface area contributed by atoms with Crippen molar-refractivity contribution in [2.75, 3.05) is 25.5 Å². The second-order valence-corrected chi connectivity index (χ2v) is 11.0. The van der Waals surface area contributed by atoms with Gasteiger partial charge in [-0.2, -0.15) is 4.31 Å². The number of hydrogen-bond acceptors (Lipinski definition) is 6. The first-order valence-corrected chi connectivity index (χ1v) is 13.3. The van der Waals surface area contributed by atoms with Crippen molar-refractivity contribution < 1.29 is 22.5 Å². The van der Waals surface area contributed by atoms with E-state index in [1.54, 1.807) is 26.2 Å². The number of piperidine rings is 1. The van der Waals surface area contributed by atoms with Crippen molar-refractivity contribution in [1.82, 2.24) is 9.46 Å². The summed E-state index contributed by atoms with van der Waals surface area (Å²) >= 11 is 0. The zero-order valence-corrected chi connectivity index (χ0v) is 21.8. The SMILES string of the molecule is COc1ccc(C)cc1NC(=O)C1CCN(S(=O)(=O)c2c(C)noc2/C=C/c2ccc(C)cc2)CC1. The van der Waals surface area contributed by atoms with Gasteiger partial charge in [0.05, 0.1) is 12.8 Å². The molecule has 1 N–H and O–H groups in total. The van der Waals surface area contributed by atoms with Gasteiger partial charge in [-0.25, -0.2) is 8.42 Å². The van der Waals surface area contributed by atoms with Gasteiger partial charge >= 0.3 is 0 Å². The zero-order chi connectivity index (χ0) is 25.9. The molecule has 4 rings (SSSR count). The van der Waals surface area contributed by atoms with Crippen LogP contribution >= 0.6 is 0 Å². The lowest BCUT2D eigenvalue weighted by Crippen LogP contribution is -2.41. The summed E-state index contributed by atoms with van der Waals surface area (Å²) in [5.74, 6) is 0.340. The largest absolute Gasteiger partial charge is 0.495 e. The van der Waals surface area contributed by atoms with E-state index >= 15 is 0 Å². The van der Waals surface area contributed by atoms with Crippen LogP contribution in [0.4, 0.5) is 5.69 Å². The van der Waals surface area contributed by atoms with Crippen LogP contribution in [-0.4, -0.2) is 44.0 Å². The van der Waals surface area contributed by atoms with E-state index in [0.717, 1.165) is 16.7 Å². The molecule has 0 spiro atoms. The second-order valence-electron chi connectivity index (χ2n) is 9.08. The van der Waals surface area contributed by atoms with Crippen molar-refractivity contribution in [3.8, 4) is 5.75 Å². The number of methoxy groups -OCH3 is 1. The average molecular weight is 510 g/mol. The molecule has 0 saturated carbocycles. The maximum Gasteiger partial charge on any atom is 0.248 e. The standard InChI is InChI=1S/C27H31N3O5S/c1-18-5-8-21(9-6-18)10-12-25-26(20(3)29-35-25)36(32,33)30-15-13-22(14-16-30)27(31)28-23-17-19(2)7-11-24(23)34-4/h5-12,17,22H,13-16H2,1-4H3,(H,28,31)/b12-10+. The quantitative estimate of drug-likeness (QED) is 0.490. The lowest BCUT2D eigenvalue weighted by molar-refractivity contribution is -0.120. The van der Waals surface area contributed by atoms with Gasteiger partial charge in [-0.3, -0.25) is 4.79 Å². The first-order chi connectivity index (χ1) is 17.2. The molecule has 36 heavy (non-hydrogen) atoms. The van der Waals surface area contributed by atoms with Crippen LogP contribution in [0.2, 0.25) is 0 Å². The van der Waals surface area contributed by atoms with Crippen LogP contribution in [0.5, 0.6) is 5.75 Å². The molecule has 1 aliphatic heterocycles. The van der Waals surface area contributed by atoms with Gasteiger partial charge in [0, 0.05) is 19.0 Å². The number of sulfonamides is 1. The lowest BCUT2D eigenvalue weighted by Gasteiger charge is -2.30. The topological polar surface area (TPSA) is 102 Å². The molecular weight excluding hydrogens is 478 g/mol. The Morgan fingerprint density at radius 1 is 1.06 bits per heavy atom. The fraction of sp³-hybridized carbons (Fsp3) is 0.333. The van der Waals surface area contributed by atoms with Crippen molar-refractivity contribution in [2.45, 2.75) is 38.5 Å². The van der Waals surface area contributed by atoms with Crippen LogP contribution in [0.3, 0.4) is 0 Å². The molecule has 2 heterocycles. The summed E-state index contributed by atoms with van der Waals surface area (Å²) in [4.78, 5) is 13.0. The molecule has 0 unspecified atom stereocenters. The summed E-state index contributed by atoms with van der Waals surface area (Å²) in [6, 6.07) is 13.4. The first-order valence-electron chi connectivity index (χ1n) is 11.9. The molecule has 3 aromatic rings. The number of nitrogens with zero attached hydrogens (tertiary/aromatic N) is 2. The third-order valence-corrected chi connectivity index (χ3v) is 8.43. The predicted molar refractivity (Wildman–Crippen MR) is 139 cm³/mol. The van der Waals surface area contributed by atoms with Gasteiger partial charge in [0.25, 0.3) is 0 Å². The van der Waals surface area contributed by atoms with Gasteiger partial charge < -0.3 is 14.6 Å². The van der Waals surface area contributed by atoms with E-state index in [2.05, 4.69) is 10.5 Å². The molecule has 1 amide bonds. The van der Waals surface area contributed by atoms with Crippen LogP contribution < -0.4 is 10.1 Å². The molecule has 0 aliphatic carbocycles. The zero-order valence-electron chi connectivity index (χ0n) is 20.9. The van der Waals surface area contributed by atoms with Crippen molar-refractivity contribution in [3.63, 3.8) is 0 Å². The third-order valence-electron chi connectivity index (χ3n) is 6.37. The van der Waals surface area contributed by atoms with E-state index in [1.165, 1.54) is 4.31 Å². The van der Waals surface area contributed by atoms with Crippen molar-refractivity contribution in [3.05, 3.63) is 70.6 Å². The minimum absolute atomic E-state index is 0.0678. The van der Waals surface area contributed by atoms with E-state index in [0.29, 0.717) is 30.0 Å². The number of aromatic nitrogens is 1. The van der Waals surface area contributed by atoms with Crippen LogP contribution in [0.15, 0.2) is 51.9 Å². The number of ether oxygens (including phenoxy) is 1. The minimum Gasteiger partial charge on any atom is -0.495 e. The van der Waals surface area contributed by atoms with Gasteiger partial charge in [0.15, 0.2) is 10.7 Å². The number of hydrogen-bond donors (Lipinski definition) is 1. The summed E-state index contributed by atoms with van der Waals surface area (Å²) in [5, 5.41) is 6.85. The van der Waals surface area contributed by atoms with Crippen LogP contribution in [0.1, 0.15) is 41.0 Å². The Labute approximate surface area is 212 Å². The van der Waals surface area contributed by atoms with Crippen LogP contribution in [0.25, 0.3) is 12.2 Å². The Bertz CT molecular complexity index is 1370. The van der Waals surface area contributed by atoms with Crippen LogP contribution in [-0.2, 0) is 14.8 Å². The minimum atomic E-state index is -3.84. The Balaban J connectivity index is 1.45. The fourth-order valence-corrected chi connectivity index (χ4v) is 6.01. The highest BCUT2D eigenvalue weighted by atomic mass is 32.2. The smallest absolute Gasteiger partial charge is 0.248 e. The number of carbonyl (C=O) groups excluding carboxylic acids is 1. The Hall–Kier alpha value is -3.43.